The van der Waals surface area contributed by atoms with Crippen molar-refractivity contribution in [2.75, 3.05) is 0 Å². The molecule has 1 aromatic carbocycles. The molecule has 1 aromatic rings. The summed E-state index contributed by atoms with van der Waals surface area (Å²) in [6.45, 7) is 1.89. The molecule has 0 saturated carbocycles. The molecular weight excluding hydrogens is 208 g/mol. The lowest BCUT2D eigenvalue weighted by Gasteiger charge is -2.16. The van der Waals surface area contributed by atoms with Crippen molar-refractivity contribution in [3.63, 3.8) is 0 Å². The Bertz CT molecular complexity index is 363. The number of halogens is 2. The predicted molar refractivity (Wildman–Crippen MR) is 59.2 cm³/mol. The predicted octanol–water partition coefficient (Wildman–Crippen LogP) is 4.03. The van der Waals surface area contributed by atoms with Crippen LogP contribution in [0.3, 0.4) is 0 Å². The van der Waals surface area contributed by atoms with E-state index in [1.807, 2.05) is 13.0 Å². The third-order valence-corrected chi connectivity index (χ3v) is 2.50. The first-order valence-electron chi connectivity index (χ1n) is 5.44. The molecule has 0 aliphatic carbocycles. The van der Waals surface area contributed by atoms with E-state index in [1.54, 1.807) is 12.1 Å². The highest BCUT2D eigenvalue weighted by atomic mass is 19.3. The van der Waals surface area contributed by atoms with E-state index in [0.29, 0.717) is 6.42 Å². The average molecular weight is 223 g/mol. The largest absolute Gasteiger partial charge is 0.273 e. The van der Waals surface area contributed by atoms with Crippen LogP contribution < -0.4 is 0 Å². The number of benzene rings is 1. The molecule has 3 heteroatoms. The Morgan fingerprint density at radius 2 is 1.88 bits per heavy atom. The van der Waals surface area contributed by atoms with Crippen LogP contribution in [0, 0.1) is 11.3 Å². The normalized spacial score (nSPS) is 11.1. The van der Waals surface area contributed by atoms with Crippen molar-refractivity contribution in [2.24, 2.45) is 0 Å². The van der Waals surface area contributed by atoms with Gasteiger partial charge < -0.3 is 0 Å². The Kier molecular flexibility index (Phi) is 4.42. The summed E-state index contributed by atoms with van der Waals surface area (Å²) in [5, 5.41) is 8.47. The molecule has 1 nitrogen and oxygen atoms in total. The van der Waals surface area contributed by atoms with Crippen molar-refractivity contribution in [3.05, 3.63) is 35.4 Å². The van der Waals surface area contributed by atoms with Crippen LogP contribution in [0.4, 0.5) is 8.78 Å². The van der Waals surface area contributed by atoms with Crippen molar-refractivity contribution in [2.45, 2.75) is 38.5 Å². The fourth-order valence-electron chi connectivity index (χ4n) is 1.50. The van der Waals surface area contributed by atoms with Crippen molar-refractivity contribution < 1.29 is 8.78 Å². The first kappa shape index (κ1) is 12.6. The molecule has 0 radical (unpaired) electrons. The number of unbranched alkanes of at least 4 members (excludes halogenated alkanes) is 1. The van der Waals surface area contributed by atoms with Crippen molar-refractivity contribution >= 4 is 0 Å². The molecule has 0 heterocycles. The summed E-state index contributed by atoms with van der Waals surface area (Å²) in [4.78, 5) is 0. The van der Waals surface area contributed by atoms with Gasteiger partial charge in [0, 0.05) is 12.0 Å². The van der Waals surface area contributed by atoms with Gasteiger partial charge in [0.25, 0.3) is 5.92 Å². The summed E-state index contributed by atoms with van der Waals surface area (Å²) in [5.74, 6) is -2.75. The zero-order valence-corrected chi connectivity index (χ0v) is 9.34. The van der Waals surface area contributed by atoms with E-state index in [2.05, 4.69) is 0 Å². The fourth-order valence-corrected chi connectivity index (χ4v) is 1.50. The number of nitriles is 1. The number of nitrogens with zero attached hydrogens (tertiary/aromatic N) is 1. The van der Waals surface area contributed by atoms with Gasteiger partial charge in [-0.1, -0.05) is 37.6 Å². The monoisotopic (exact) mass is 223 g/mol. The number of alkyl halides is 2. The summed E-state index contributed by atoms with van der Waals surface area (Å²) >= 11 is 0. The maximum absolute atomic E-state index is 13.6. The summed E-state index contributed by atoms with van der Waals surface area (Å²) in [5.41, 5.74) is 0.820. The number of hydrogen-bond acceptors (Lipinski definition) is 1. The van der Waals surface area contributed by atoms with Crippen molar-refractivity contribution in [1.82, 2.24) is 0 Å². The molecule has 0 spiro atoms. The fraction of sp³-hybridized carbons (Fsp3) is 0.462. The molecule has 0 atom stereocenters. The molecule has 0 aromatic heterocycles. The van der Waals surface area contributed by atoms with Gasteiger partial charge in [0.2, 0.25) is 0 Å². The number of rotatable bonds is 5. The van der Waals surface area contributed by atoms with Crippen LogP contribution in [-0.4, -0.2) is 0 Å². The Morgan fingerprint density at radius 3 is 2.38 bits per heavy atom. The van der Waals surface area contributed by atoms with Gasteiger partial charge in [0.15, 0.2) is 0 Å². The molecule has 0 bridgehead atoms. The van der Waals surface area contributed by atoms with Gasteiger partial charge in [-0.3, -0.25) is 0 Å². The van der Waals surface area contributed by atoms with E-state index < -0.39 is 5.92 Å². The van der Waals surface area contributed by atoms with Crippen LogP contribution in [0.25, 0.3) is 0 Å². The second-order valence-electron chi connectivity index (χ2n) is 3.84. The molecule has 0 aliphatic rings. The third kappa shape index (κ3) is 3.30. The second kappa shape index (κ2) is 5.60. The minimum atomic E-state index is -2.75. The highest BCUT2D eigenvalue weighted by Crippen LogP contribution is 2.33. The topological polar surface area (TPSA) is 23.8 Å². The van der Waals surface area contributed by atoms with Crippen molar-refractivity contribution in [1.29, 1.82) is 5.26 Å². The molecule has 16 heavy (non-hydrogen) atoms. The van der Waals surface area contributed by atoms with Crippen LogP contribution in [-0.2, 0) is 12.3 Å². The Hall–Kier alpha value is -1.43. The first-order chi connectivity index (χ1) is 7.60. The minimum absolute atomic E-state index is 0.0441. The van der Waals surface area contributed by atoms with E-state index in [1.165, 1.54) is 12.1 Å². The summed E-state index contributed by atoms with van der Waals surface area (Å²) in [6, 6.07) is 8.02. The van der Waals surface area contributed by atoms with E-state index in [9.17, 15) is 8.78 Å². The van der Waals surface area contributed by atoms with Gasteiger partial charge in [-0.25, -0.2) is 8.78 Å². The summed E-state index contributed by atoms with van der Waals surface area (Å²) in [6.07, 6.45) is 1.44. The molecule has 0 fully saturated rings. The van der Waals surface area contributed by atoms with Gasteiger partial charge in [-0.15, -0.1) is 0 Å². The van der Waals surface area contributed by atoms with Gasteiger partial charge >= 0.3 is 0 Å². The van der Waals surface area contributed by atoms with Crippen LogP contribution in [0.15, 0.2) is 24.3 Å². The smallest absolute Gasteiger partial charge is 0.201 e. The Morgan fingerprint density at radius 1 is 1.25 bits per heavy atom. The molecule has 0 amide bonds. The Labute approximate surface area is 94.7 Å². The van der Waals surface area contributed by atoms with E-state index in [-0.39, 0.29) is 18.4 Å². The molecular formula is C13H15F2N. The zero-order chi connectivity index (χ0) is 12.0. The molecule has 86 valence electrons. The lowest BCUT2D eigenvalue weighted by molar-refractivity contribution is -0.0154. The molecule has 0 aliphatic heterocycles. The minimum Gasteiger partial charge on any atom is -0.201 e. The Balaban J connectivity index is 2.76. The lowest BCUT2D eigenvalue weighted by Crippen LogP contribution is -2.12. The van der Waals surface area contributed by atoms with Crippen LogP contribution >= 0.6 is 0 Å². The molecule has 1 rings (SSSR count). The molecule has 0 N–H and O–H groups in total. The van der Waals surface area contributed by atoms with Crippen LogP contribution in [0.1, 0.15) is 37.3 Å². The molecule has 0 unspecified atom stereocenters. The first-order valence-corrected chi connectivity index (χ1v) is 5.44. The third-order valence-electron chi connectivity index (χ3n) is 2.50. The summed E-state index contributed by atoms with van der Waals surface area (Å²) in [7, 11) is 0. The SMILES string of the molecule is CCCCC(F)(F)c1ccc(CC#N)cc1. The van der Waals surface area contributed by atoms with E-state index >= 15 is 0 Å². The van der Waals surface area contributed by atoms with E-state index in [0.717, 1.165) is 12.0 Å². The zero-order valence-electron chi connectivity index (χ0n) is 9.34. The number of hydrogen-bond donors (Lipinski definition) is 0. The lowest BCUT2D eigenvalue weighted by atomic mass is 10.0. The van der Waals surface area contributed by atoms with Crippen LogP contribution in [0.5, 0.6) is 0 Å². The average Bonchev–Trinajstić information content (AvgIpc) is 2.28. The maximum Gasteiger partial charge on any atom is 0.273 e. The molecule has 0 saturated heterocycles. The standard InChI is InChI=1S/C13H15F2N/c1-2-3-9-13(14,15)12-6-4-11(5-7-12)8-10-16/h4-7H,2-3,8-9H2,1H3. The quantitative estimate of drug-likeness (QED) is 0.739. The van der Waals surface area contributed by atoms with Gasteiger partial charge in [0.1, 0.15) is 0 Å². The maximum atomic E-state index is 13.6. The van der Waals surface area contributed by atoms with Crippen LogP contribution in [0.2, 0.25) is 0 Å². The van der Waals surface area contributed by atoms with E-state index in [4.69, 9.17) is 5.26 Å². The highest BCUT2D eigenvalue weighted by molar-refractivity contribution is 5.27. The second-order valence-corrected chi connectivity index (χ2v) is 3.84. The summed E-state index contributed by atoms with van der Waals surface area (Å²) < 4.78 is 27.2. The van der Waals surface area contributed by atoms with Gasteiger partial charge in [-0.05, 0) is 12.0 Å². The van der Waals surface area contributed by atoms with Crippen molar-refractivity contribution in [3.8, 4) is 6.07 Å². The highest BCUT2D eigenvalue weighted by Gasteiger charge is 2.30. The van der Waals surface area contributed by atoms with Gasteiger partial charge in [-0.2, -0.15) is 5.26 Å². The van der Waals surface area contributed by atoms with Gasteiger partial charge in [0.05, 0.1) is 12.5 Å².